The monoisotopic (exact) mass is 414 g/mol. The first-order valence-corrected chi connectivity index (χ1v) is 9.24. The normalized spacial score (nSPS) is 12.2. The first-order valence-electron chi connectivity index (χ1n) is 8.86. The van der Waals surface area contributed by atoms with Crippen LogP contribution < -0.4 is 11.1 Å². The standard InChI is InChI=1S/C21H19ClN4O.ClH/c22-15-9-14(11-24-12-15)19-10-20(17-2-1-3-18(17)26-19)25-16-6-4-13(5-7-16)8-21(23)27;/h4-7,9-12H,1-3,8H2,(H2,23,27)(H,25,26);1H. The molecule has 5 nitrogen and oxygen atoms in total. The van der Waals surface area contributed by atoms with E-state index in [1.54, 1.807) is 12.4 Å². The number of nitrogens with one attached hydrogen (secondary N) is 1. The van der Waals surface area contributed by atoms with Gasteiger partial charge in [-0.25, -0.2) is 0 Å². The van der Waals surface area contributed by atoms with Gasteiger partial charge in [-0.05, 0) is 54.7 Å². The van der Waals surface area contributed by atoms with Gasteiger partial charge in [-0.1, -0.05) is 23.7 Å². The van der Waals surface area contributed by atoms with Crippen LogP contribution >= 0.6 is 24.0 Å². The fraction of sp³-hybridized carbons (Fsp3) is 0.190. The summed E-state index contributed by atoms with van der Waals surface area (Å²) in [6, 6.07) is 11.7. The zero-order valence-electron chi connectivity index (χ0n) is 15.1. The summed E-state index contributed by atoms with van der Waals surface area (Å²) in [5.74, 6) is -0.331. The van der Waals surface area contributed by atoms with Crippen molar-refractivity contribution in [3.63, 3.8) is 0 Å². The van der Waals surface area contributed by atoms with E-state index < -0.39 is 0 Å². The highest BCUT2D eigenvalue weighted by Gasteiger charge is 2.19. The number of nitrogens with zero attached hydrogens (tertiary/aromatic N) is 2. The van der Waals surface area contributed by atoms with Crippen molar-refractivity contribution in [2.24, 2.45) is 5.73 Å². The molecule has 0 saturated carbocycles. The molecule has 2 aromatic heterocycles. The topological polar surface area (TPSA) is 80.9 Å². The van der Waals surface area contributed by atoms with Crippen molar-refractivity contribution in [2.45, 2.75) is 25.7 Å². The number of halogens is 2. The molecule has 1 amide bonds. The fourth-order valence-electron chi connectivity index (χ4n) is 3.42. The first kappa shape index (κ1) is 20.1. The van der Waals surface area contributed by atoms with Crippen LogP contribution in [0.3, 0.4) is 0 Å². The predicted molar refractivity (Wildman–Crippen MR) is 114 cm³/mol. The third kappa shape index (κ3) is 4.43. The highest BCUT2D eigenvalue weighted by Crippen LogP contribution is 2.34. The van der Waals surface area contributed by atoms with Crippen LogP contribution in [0, 0.1) is 0 Å². The number of rotatable bonds is 5. The number of anilines is 2. The number of carbonyl (C=O) groups is 1. The van der Waals surface area contributed by atoms with Crippen LogP contribution in [0.2, 0.25) is 5.02 Å². The molecule has 3 N–H and O–H groups in total. The minimum Gasteiger partial charge on any atom is -0.369 e. The zero-order chi connectivity index (χ0) is 18.8. The minimum absolute atomic E-state index is 0. The lowest BCUT2D eigenvalue weighted by Crippen LogP contribution is -2.13. The Kier molecular flexibility index (Phi) is 6.17. The van der Waals surface area contributed by atoms with Gasteiger partial charge in [0.2, 0.25) is 5.91 Å². The Balaban J connectivity index is 0.00000225. The maximum Gasteiger partial charge on any atom is 0.221 e. The summed E-state index contributed by atoms with van der Waals surface area (Å²) in [7, 11) is 0. The molecule has 0 bridgehead atoms. The molecule has 144 valence electrons. The molecule has 0 saturated heterocycles. The molecule has 1 aliphatic carbocycles. The van der Waals surface area contributed by atoms with E-state index in [1.807, 2.05) is 30.3 Å². The number of nitrogens with two attached hydrogens (primary N) is 1. The molecule has 0 aliphatic heterocycles. The number of aryl methyl sites for hydroxylation is 1. The summed E-state index contributed by atoms with van der Waals surface area (Å²) < 4.78 is 0. The Morgan fingerprint density at radius 1 is 1.14 bits per heavy atom. The van der Waals surface area contributed by atoms with Crippen LogP contribution in [0.4, 0.5) is 11.4 Å². The van der Waals surface area contributed by atoms with Crippen LogP contribution in [0.5, 0.6) is 0 Å². The van der Waals surface area contributed by atoms with E-state index in [0.29, 0.717) is 5.02 Å². The molecule has 0 spiro atoms. The van der Waals surface area contributed by atoms with E-state index in [4.69, 9.17) is 22.3 Å². The van der Waals surface area contributed by atoms with Crippen molar-refractivity contribution >= 4 is 41.3 Å². The molecule has 1 aliphatic rings. The summed E-state index contributed by atoms with van der Waals surface area (Å²) in [5.41, 5.74) is 12.3. The van der Waals surface area contributed by atoms with Gasteiger partial charge in [0.05, 0.1) is 17.1 Å². The van der Waals surface area contributed by atoms with Crippen molar-refractivity contribution in [2.75, 3.05) is 5.32 Å². The highest BCUT2D eigenvalue weighted by atomic mass is 35.5. The molecule has 0 radical (unpaired) electrons. The van der Waals surface area contributed by atoms with Gasteiger partial charge in [-0.15, -0.1) is 12.4 Å². The Labute approximate surface area is 174 Å². The van der Waals surface area contributed by atoms with Gasteiger partial charge in [0, 0.05) is 35.0 Å². The van der Waals surface area contributed by atoms with Gasteiger partial charge in [-0.3, -0.25) is 14.8 Å². The van der Waals surface area contributed by atoms with Gasteiger partial charge in [-0.2, -0.15) is 0 Å². The van der Waals surface area contributed by atoms with Gasteiger partial charge in [0.1, 0.15) is 0 Å². The quantitative estimate of drug-likeness (QED) is 0.644. The van der Waals surface area contributed by atoms with Gasteiger partial charge in [0.25, 0.3) is 0 Å². The van der Waals surface area contributed by atoms with Crippen molar-refractivity contribution in [3.8, 4) is 11.3 Å². The van der Waals surface area contributed by atoms with Gasteiger partial charge < -0.3 is 11.1 Å². The number of primary amides is 1. The number of benzene rings is 1. The predicted octanol–water partition coefficient (Wildman–Crippen LogP) is 4.48. The Morgan fingerprint density at radius 2 is 1.93 bits per heavy atom. The first-order chi connectivity index (χ1) is 13.1. The number of hydrogen-bond acceptors (Lipinski definition) is 4. The second-order valence-corrected chi connectivity index (χ2v) is 7.13. The Morgan fingerprint density at radius 3 is 2.64 bits per heavy atom. The number of pyridine rings is 2. The average molecular weight is 415 g/mol. The molecule has 0 fully saturated rings. The summed E-state index contributed by atoms with van der Waals surface area (Å²) in [6.07, 6.45) is 6.73. The van der Waals surface area contributed by atoms with E-state index in [-0.39, 0.29) is 24.7 Å². The Bertz CT molecular complexity index is 1010. The van der Waals surface area contributed by atoms with Crippen LogP contribution in [0.25, 0.3) is 11.3 Å². The molecular formula is C21H20Cl2N4O. The fourth-order valence-corrected chi connectivity index (χ4v) is 3.59. The lowest BCUT2D eigenvalue weighted by Gasteiger charge is -2.14. The molecule has 28 heavy (non-hydrogen) atoms. The van der Waals surface area contributed by atoms with E-state index >= 15 is 0 Å². The molecule has 3 aromatic rings. The van der Waals surface area contributed by atoms with E-state index in [9.17, 15) is 4.79 Å². The molecule has 7 heteroatoms. The highest BCUT2D eigenvalue weighted by molar-refractivity contribution is 6.30. The molecule has 0 atom stereocenters. The smallest absolute Gasteiger partial charge is 0.221 e. The van der Waals surface area contributed by atoms with E-state index in [2.05, 4.69) is 16.4 Å². The minimum atomic E-state index is -0.331. The van der Waals surface area contributed by atoms with Crippen molar-refractivity contribution in [1.29, 1.82) is 0 Å². The second kappa shape index (κ2) is 8.59. The van der Waals surface area contributed by atoms with E-state index in [0.717, 1.165) is 53.2 Å². The van der Waals surface area contributed by atoms with Gasteiger partial charge in [0.15, 0.2) is 0 Å². The average Bonchev–Trinajstić information content (AvgIpc) is 3.12. The van der Waals surface area contributed by atoms with Crippen LogP contribution in [-0.4, -0.2) is 15.9 Å². The maximum absolute atomic E-state index is 11.1. The van der Waals surface area contributed by atoms with Crippen molar-refractivity contribution < 1.29 is 4.79 Å². The van der Waals surface area contributed by atoms with E-state index in [1.165, 1.54) is 5.56 Å². The second-order valence-electron chi connectivity index (χ2n) is 6.69. The number of amides is 1. The zero-order valence-corrected chi connectivity index (χ0v) is 16.7. The Hall–Kier alpha value is -2.63. The number of fused-ring (bicyclic) bond motifs is 1. The molecular weight excluding hydrogens is 395 g/mol. The molecule has 0 unspecified atom stereocenters. The van der Waals surface area contributed by atoms with Crippen molar-refractivity contribution in [3.05, 3.63) is 70.6 Å². The van der Waals surface area contributed by atoms with Crippen LogP contribution in [0.1, 0.15) is 23.2 Å². The summed E-state index contributed by atoms with van der Waals surface area (Å²) in [4.78, 5) is 20.0. The third-order valence-corrected chi connectivity index (χ3v) is 4.87. The van der Waals surface area contributed by atoms with Crippen molar-refractivity contribution in [1.82, 2.24) is 9.97 Å². The number of aromatic nitrogens is 2. The lowest BCUT2D eigenvalue weighted by molar-refractivity contribution is -0.117. The van der Waals surface area contributed by atoms with Crippen LogP contribution in [-0.2, 0) is 24.1 Å². The maximum atomic E-state index is 11.1. The summed E-state index contributed by atoms with van der Waals surface area (Å²) in [6.45, 7) is 0. The molecule has 2 heterocycles. The summed E-state index contributed by atoms with van der Waals surface area (Å²) >= 11 is 6.09. The number of carbonyl (C=O) groups excluding carboxylic acids is 1. The molecule has 1 aromatic carbocycles. The number of hydrogen-bond donors (Lipinski definition) is 2. The van der Waals surface area contributed by atoms with Crippen LogP contribution in [0.15, 0.2) is 48.8 Å². The third-order valence-electron chi connectivity index (χ3n) is 4.66. The summed E-state index contributed by atoms with van der Waals surface area (Å²) in [5, 5.41) is 4.09. The molecule has 4 rings (SSSR count). The lowest BCUT2D eigenvalue weighted by atomic mass is 10.1. The largest absolute Gasteiger partial charge is 0.369 e. The SMILES string of the molecule is Cl.NC(=O)Cc1ccc(Nc2cc(-c3cncc(Cl)c3)nc3c2CCC3)cc1. The van der Waals surface area contributed by atoms with Gasteiger partial charge >= 0.3 is 0 Å².